The molecule has 2 aromatic rings. The van der Waals surface area contributed by atoms with Crippen molar-refractivity contribution in [2.75, 3.05) is 5.32 Å². The molecule has 4 heteroatoms. The fourth-order valence-electron chi connectivity index (χ4n) is 2.13. The van der Waals surface area contributed by atoms with Crippen LogP contribution >= 0.6 is 15.9 Å². The van der Waals surface area contributed by atoms with E-state index in [1.807, 2.05) is 24.3 Å². The van der Waals surface area contributed by atoms with Gasteiger partial charge in [0.25, 0.3) is 5.91 Å². The minimum Gasteiger partial charge on any atom is -0.507 e. The van der Waals surface area contributed by atoms with Gasteiger partial charge in [-0.25, -0.2) is 0 Å². The first-order chi connectivity index (χ1) is 9.79. The maximum Gasteiger partial charge on any atom is 0.259 e. The molecule has 0 aliphatic carbocycles. The van der Waals surface area contributed by atoms with Gasteiger partial charge >= 0.3 is 0 Å². The van der Waals surface area contributed by atoms with Crippen LogP contribution in [-0.4, -0.2) is 11.0 Å². The molecular weight excluding hydrogens is 330 g/mol. The second kappa shape index (κ2) is 5.90. The lowest BCUT2D eigenvalue weighted by Gasteiger charge is -2.23. The van der Waals surface area contributed by atoms with Gasteiger partial charge in [0, 0.05) is 10.2 Å². The molecule has 2 aromatic carbocycles. The fraction of sp³-hybridized carbons (Fsp3) is 0.235. The van der Waals surface area contributed by atoms with Gasteiger partial charge in [0.2, 0.25) is 0 Å². The molecule has 0 aliphatic heterocycles. The van der Waals surface area contributed by atoms with Crippen molar-refractivity contribution in [2.45, 2.75) is 26.2 Å². The van der Waals surface area contributed by atoms with Gasteiger partial charge in [-0.05, 0) is 35.2 Å². The van der Waals surface area contributed by atoms with Crippen molar-refractivity contribution in [1.29, 1.82) is 0 Å². The number of para-hydroxylation sites is 1. The van der Waals surface area contributed by atoms with Crippen molar-refractivity contribution >= 4 is 27.5 Å². The number of anilines is 1. The average molecular weight is 348 g/mol. The first-order valence-corrected chi connectivity index (χ1v) is 7.48. The van der Waals surface area contributed by atoms with Gasteiger partial charge in [-0.15, -0.1) is 0 Å². The molecule has 0 radical (unpaired) electrons. The Morgan fingerprint density at radius 3 is 2.48 bits per heavy atom. The number of hydrogen-bond acceptors (Lipinski definition) is 2. The fourth-order valence-corrected chi connectivity index (χ4v) is 2.49. The van der Waals surface area contributed by atoms with Crippen LogP contribution in [0, 0.1) is 0 Å². The highest BCUT2D eigenvalue weighted by atomic mass is 79.9. The Hall–Kier alpha value is -1.81. The number of nitrogens with one attached hydrogen (secondary N) is 1. The van der Waals surface area contributed by atoms with Crippen molar-refractivity contribution in [2.24, 2.45) is 0 Å². The Bertz CT molecular complexity index is 675. The molecule has 0 atom stereocenters. The van der Waals surface area contributed by atoms with E-state index in [9.17, 15) is 9.90 Å². The Labute approximate surface area is 133 Å². The Kier molecular flexibility index (Phi) is 4.37. The molecule has 0 bridgehead atoms. The second-order valence-electron chi connectivity index (χ2n) is 5.91. The van der Waals surface area contributed by atoms with Crippen molar-refractivity contribution in [3.8, 4) is 5.75 Å². The first-order valence-electron chi connectivity index (χ1n) is 6.68. The van der Waals surface area contributed by atoms with Gasteiger partial charge in [0.15, 0.2) is 0 Å². The summed E-state index contributed by atoms with van der Waals surface area (Å²) >= 11 is 3.31. The second-order valence-corrected chi connectivity index (χ2v) is 6.83. The van der Waals surface area contributed by atoms with Gasteiger partial charge in [0.05, 0.1) is 5.56 Å². The van der Waals surface area contributed by atoms with Gasteiger partial charge in [-0.1, -0.05) is 54.9 Å². The number of halogens is 1. The standard InChI is InChI=1S/C17H18BrNO2/c1-17(2,3)13-6-4-5-7-14(13)19-16(21)12-10-11(18)8-9-15(12)20/h4-10,20H,1-3H3,(H,19,21). The third-order valence-corrected chi connectivity index (χ3v) is 3.68. The number of phenolic OH excluding ortho intramolecular Hbond substituents is 1. The van der Waals surface area contributed by atoms with Crippen LogP contribution in [0.15, 0.2) is 46.9 Å². The molecule has 3 nitrogen and oxygen atoms in total. The van der Waals surface area contributed by atoms with Crippen LogP contribution in [0.25, 0.3) is 0 Å². The zero-order chi connectivity index (χ0) is 15.6. The summed E-state index contributed by atoms with van der Waals surface area (Å²) in [7, 11) is 0. The van der Waals surface area contributed by atoms with Crippen molar-refractivity contribution < 1.29 is 9.90 Å². The summed E-state index contributed by atoms with van der Waals surface area (Å²) in [5, 5.41) is 12.7. The summed E-state index contributed by atoms with van der Waals surface area (Å²) in [5.41, 5.74) is 1.97. The maximum absolute atomic E-state index is 12.4. The summed E-state index contributed by atoms with van der Waals surface area (Å²) in [6.45, 7) is 6.28. The van der Waals surface area contributed by atoms with Crippen LogP contribution in [0.5, 0.6) is 5.75 Å². The van der Waals surface area contributed by atoms with Crippen LogP contribution in [0.3, 0.4) is 0 Å². The van der Waals surface area contributed by atoms with E-state index in [-0.39, 0.29) is 22.6 Å². The molecule has 0 heterocycles. The highest BCUT2D eigenvalue weighted by Crippen LogP contribution is 2.30. The van der Waals surface area contributed by atoms with E-state index in [0.29, 0.717) is 0 Å². The molecule has 0 aliphatic rings. The number of benzene rings is 2. The van der Waals surface area contributed by atoms with Crippen LogP contribution in [0.2, 0.25) is 0 Å². The summed E-state index contributed by atoms with van der Waals surface area (Å²) in [4.78, 5) is 12.4. The molecule has 0 saturated heterocycles. The summed E-state index contributed by atoms with van der Waals surface area (Å²) in [6.07, 6.45) is 0. The smallest absolute Gasteiger partial charge is 0.259 e. The molecule has 0 spiro atoms. The lowest BCUT2D eigenvalue weighted by atomic mass is 9.86. The lowest BCUT2D eigenvalue weighted by molar-refractivity contribution is 0.102. The van der Waals surface area contributed by atoms with Gasteiger partial charge in [-0.3, -0.25) is 4.79 Å². The molecule has 2 rings (SSSR count). The molecule has 21 heavy (non-hydrogen) atoms. The lowest BCUT2D eigenvalue weighted by Crippen LogP contribution is -2.18. The van der Waals surface area contributed by atoms with E-state index in [4.69, 9.17) is 0 Å². The Morgan fingerprint density at radius 1 is 1.14 bits per heavy atom. The van der Waals surface area contributed by atoms with Gasteiger partial charge in [0.1, 0.15) is 5.75 Å². The number of phenols is 1. The van der Waals surface area contributed by atoms with Crippen LogP contribution < -0.4 is 5.32 Å². The van der Waals surface area contributed by atoms with E-state index in [2.05, 4.69) is 42.0 Å². The van der Waals surface area contributed by atoms with E-state index >= 15 is 0 Å². The third-order valence-electron chi connectivity index (χ3n) is 3.19. The predicted molar refractivity (Wildman–Crippen MR) is 88.9 cm³/mol. The monoisotopic (exact) mass is 347 g/mol. The summed E-state index contributed by atoms with van der Waals surface area (Å²) in [5.74, 6) is -0.366. The van der Waals surface area contributed by atoms with Crippen molar-refractivity contribution in [3.63, 3.8) is 0 Å². The average Bonchev–Trinajstić information content (AvgIpc) is 2.41. The van der Waals surface area contributed by atoms with E-state index < -0.39 is 0 Å². The zero-order valence-corrected chi connectivity index (χ0v) is 13.9. The molecule has 110 valence electrons. The Morgan fingerprint density at radius 2 is 1.81 bits per heavy atom. The topological polar surface area (TPSA) is 49.3 Å². The number of rotatable bonds is 2. The predicted octanol–water partition coefficient (Wildman–Crippen LogP) is 4.70. The third kappa shape index (κ3) is 3.64. The van der Waals surface area contributed by atoms with Crippen molar-refractivity contribution in [1.82, 2.24) is 0 Å². The van der Waals surface area contributed by atoms with E-state index in [1.54, 1.807) is 12.1 Å². The molecular formula is C17H18BrNO2. The SMILES string of the molecule is CC(C)(C)c1ccccc1NC(=O)c1cc(Br)ccc1O. The maximum atomic E-state index is 12.4. The number of carbonyl (C=O) groups excluding carboxylic acids is 1. The van der Waals surface area contributed by atoms with Gasteiger partial charge in [-0.2, -0.15) is 0 Å². The van der Waals surface area contributed by atoms with Crippen LogP contribution in [0.1, 0.15) is 36.7 Å². The van der Waals surface area contributed by atoms with E-state index in [0.717, 1.165) is 15.7 Å². The highest BCUT2D eigenvalue weighted by molar-refractivity contribution is 9.10. The first kappa shape index (κ1) is 15.6. The quantitative estimate of drug-likeness (QED) is 0.826. The molecule has 0 aromatic heterocycles. The molecule has 2 N–H and O–H groups in total. The molecule has 0 unspecified atom stereocenters. The number of hydrogen-bond donors (Lipinski definition) is 2. The number of amides is 1. The largest absolute Gasteiger partial charge is 0.507 e. The summed E-state index contributed by atoms with van der Waals surface area (Å²) < 4.78 is 0.745. The van der Waals surface area contributed by atoms with Gasteiger partial charge < -0.3 is 10.4 Å². The zero-order valence-electron chi connectivity index (χ0n) is 12.3. The normalized spacial score (nSPS) is 11.2. The molecule has 0 fully saturated rings. The van der Waals surface area contributed by atoms with Crippen molar-refractivity contribution in [3.05, 3.63) is 58.1 Å². The minimum atomic E-state index is -0.328. The highest BCUT2D eigenvalue weighted by Gasteiger charge is 2.20. The molecule has 1 amide bonds. The van der Waals surface area contributed by atoms with Crippen LogP contribution in [0.4, 0.5) is 5.69 Å². The molecule has 0 saturated carbocycles. The van der Waals surface area contributed by atoms with E-state index in [1.165, 1.54) is 6.07 Å². The number of carbonyl (C=O) groups is 1. The summed E-state index contributed by atoms with van der Waals surface area (Å²) in [6, 6.07) is 12.5. The van der Waals surface area contributed by atoms with Crippen LogP contribution in [-0.2, 0) is 5.41 Å². The Balaban J connectivity index is 2.35. The number of aromatic hydroxyl groups is 1. The minimum absolute atomic E-state index is 0.0380.